The molecule has 7 heteroatoms. The van der Waals surface area contributed by atoms with Gasteiger partial charge in [-0.25, -0.2) is 4.98 Å². The molecule has 1 rings (SSSR count). The number of carbonyl (C=O) groups excluding carboxylic acids is 1. The lowest BCUT2D eigenvalue weighted by molar-refractivity contribution is 0.0953. The molecule has 0 aliphatic carbocycles. The third-order valence-corrected chi connectivity index (χ3v) is 3.37. The molecule has 0 radical (unpaired) electrons. The minimum Gasteiger partial charge on any atom is -0.370 e. The fourth-order valence-electron chi connectivity index (χ4n) is 1.48. The summed E-state index contributed by atoms with van der Waals surface area (Å²) in [6.07, 6.45) is 2.33. The molecule has 2 N–H and O–H groups in total. The molecule has 1 aromatic rings. The molecule has 1 unspecified atom stereocenters. The Kier molecular flexibility index (Phi) is 6.80. The van der Waals surface area contributed by atoms with Gasteiger partial charge in [0.1, 0.15) is 11.0 Å². The monoisotopic (exact) mass is 303 g/mol. The van der Waals surface area contributed by atoms with Gasteiger partial charge in [0.05, 0.1) is 0 Å². The second-order valence-corrected chi connectivity index (χ2v) is 5.92. The number of hydrogen-bond donors (Lipinski definition) is 2. The summed E-state index contributed by atoms with van der Waals surface area (Å²) < 4.78 is 10.9. The van der Waals surface area contributed by atoms with Crippen LogP contribution in [0.2, 0.25) is 5.15 Å². The summed E-state index contributed by atoms with van der Waals surface area (Å²) >= 11 is 5.86. The quantitative estimate of drug-likeness (QED) is 0.594. The van der Waals surface area contributed by atoms with E-state index in [1.807, 2.05) is 6.92 Å². The van der Waals surface area contributed by atoms with Crippen molar-refractivity contribution in [3.8, 4) is 0 Å². The number of aromatic nitrogens is 1. The molecule has 0 aliphatic heterocycles. The van der Waals surface area contributed by atoms with Gasteiger partial charge in [-0.3, -0.25) is 9.00 Å². The first-order chi connectivity index (χ1) is 9.02. The van der Waals surface area contributed by atoms with E-state index < -0.39 is 10.8 Å². The van der Waals surface area contributed by atoms with Crippen LogP contribution in [-0.2, 0) is 10.8 Å². The second-order valence-electron chi connectivity index (χ2n) is 3.98. The van der Waals surface area contributed by atoms with Crippen molar-refractivity contribution in [1.29, 1.82) is 0 Å². The van der Waals surface area contributed by atoms with E-state index in [0.717, 1.165) is 0 Å². The Balaban J connectivity index is 2.58. The van der Waals surface area contributed by atoms with Crippen molar-refractivity contribution in [3.63, 3.8) is 0 Å². The van der Waals surface area contributed by atoms with Crippen LogP contribution in [0.25, 0.3) is 0 Å². The van der Waals surface area contributed by atoms with Crippen LogP contribution < -0.4 is 10.6 Å². The van der Waals surface area contributed by atoms with Gasteiger partial charge < -0.3 is 10.6 Å². The number of nitrogens with zero attached hydrogens (tertiary/aromatic N) is 1. The Hall–Kier alpha value is -1.14. The number of nitrogens with one attached hydrogen (secondary N) is 2. The van der Waals surface area contributed by atoms with Gasteiger partial charge in [-0.1, -0.05) is 11.6 Å². The molecule has 19 heavy (non-hydrogen) atoms. The molecule has 1 amide bonds. The van der Waals surface area contributed by atoms with Crippen molar-refractivity contribution in [2.75, 3.05) is 30.4 Å². The molecule has 0 bridgehead atoms. The van der Waals surface area contributed by atoms with Crippen LogP contribution in [0, 0.1) is 0 Å². The molecule has 0 spiro atoms. The van der Waals surface area contributed by atoms with Crippen molar-refractivity contribution in [3.05, 3.63) is 22.8 Å². The van der Waals surface area contributed by atoms with Gasteiger partial charge in [-0.15, -0.1) is 0 Å². The minimum absolute atomic E-state index is 0.203. The van der Waals surface area contributed by atoms with Crippen molar-refractivity contribution in [1.82, 2.24) is 10.3 Å². The molecule has 0 saturated carbocycles. The summed E-state index contributed by atoms with van der Waals surface area (Å²) in [6, 6.07) is 3.18. The lowest BCUT2D eigenvalue weighted by atomic mass is 10.2. The van der Waals surface area contributed by atoms with Crippen LogP contribution in [0.5, 0.6) is 0 Å². The van der Waals surface area contributed by atoms with Crippen LogP contribution in [0.3, 0.4) is 0 Å². The molecular weight excluding hydrogens is 286 g/mol. The average molecular weight is 304 g/mol. The molecule has 0 saturated heterocycles. The largest absolute Gasteiger partial charge is 0.370 e. The van der Waals surface area contributed by atoms with Gasteiger partial charge in [0.2, 0.25) is 0 Å². The molecular formula is C12H18ClN3O2S. The smallest absolute Gasteiger partial charge is 0.251 e. The maximum atomic E-state index is 11.9. The van der Waals surface area contributed by atoms with Gasteiger partial charge in [-0.05, 0) is 25.5 Å². The Bertz CT molecular complexity index is 468. The fraction of sp³-hybridized carbons (Fsp3) is 0.500. The van der Waals surface area contributed by atoms with Crippen molar-refractivity contribution in [2.45, 2.75) is 13.3 Å². The van der Waals surface area contributed by atoms with E-state index in [9.17, 15) is 9.00 Å². The number of rotatable bonds is 7. The summed E-state index contributed by atoms with van der Waals surface area (Å²) in [5.74, 6) is 0.958. The fourth-order valence-corrected chi connectivity index (χ4v) is 2.24. The average Bonchev–Trinajstić information content (AvgIpc) is 2.34. The van der Waals surface area contributed by atoms with E-state index in [-0.39, 0.29) is 11.1 Å². The van der Waals surface area contributed by atoms with Crippen LogP contribution in [0.4, 0.5) is 5.82 Å². The molecule has 1 heterocycles. The van der Waals surface area contributed by atoms with Gasteiger partial charge in [0, 0.05) is 41.5 Å². The van der Waals surface area contributed by atoms with E-state index in [4.69, 9.17) is 11.6 Å². The Labute approximate surface area is 120 Å². The SMILES string of the molecule is CCNc1cc(C(=O)NCCCS(C)=O)cc(Cl)n1. The Morgan fingerprint density at radius 1 is 1.47 bits per heavy atom. The zero-order valence-electron chi connectivity index (χ0n) is 11.0. The topological polar surface area (TPSA) is 71.1 Å². The third-order valence-electron chi connectivity index (χ3n) is 2.31. The first-order valence-corrected chi connectivity index (χ1v) is 8.13. The second kappa shape index (κ2) is 8.12. The Morgan fingerprint density at radius 2 is 2.21 bits per heavy atom. The van der Waals surface area contributed by atoms with E-state index in [1.165, 1.54) is 6.07 Å². The number of hydrogen-bond acceptors (Lipinski definition) is 4. The highest BCUT2D eigenvalue weighted by molar-refractivity contribution is 7.84. The summed E-state index contributed by atoms with van der Waals surface area (Å²) in [6.45, 7) is 3.14. The van der Waals surface area contributed by atoms with E-state index in [2.05, 4.69) is 15.6 Å². The normalized spacial score (nSPS) is 11.9. The maximum Gasteiger partial charge on any atom is 0.251 e. The van der Waals surface area contributed by atoms with Gasteiger partial charge in [0.25, 0.3) is 5.91 Å². The standard InChI is InChI=1S/C12H18ClN3O2S/c1-3-14-11-8-9(7-10(13)16-11)12(17)15-5-4-6-19(2)18/h7-8H,3-6H2,1-2H3,(H,14,16)(H,15,17). The minimum atomic E-state index is -0.827. The molecule has 5 nitrogen and oxygen atoms in total. The van der Waals surface area contributed by atoms with Crippen molar-refractivity contribution >= 4 is 34.1 Å². The summed E-state index contributed by atoms with van der Waals surface area (Å²) in [4.78, 5) is 16.0. The molecule has 1 atom stereocenters. The predicted octanol–water partition coefficient (Wildman–Crippen LogP) is 1.67. The van der Waals surface area contributed by atoms with Crippen LogP contribution in [-0.4, -0.2) is 40.2 Å². The molecule has 0 aromatic carbocycles. The highest BCUT2D eigenvalue weighted by Gasteiger charge is 2.08. The number of pyridine rings is 1. The first kappa shape index (κ1) is 15.9. The number of anilines is 1. The molecule has 0 fully saturated rings. The van der Waals surface area contributed by atoms with Gasteiger partial charge >= 0.3 is 0 Å². The summed E-state index contributed by atoms with van der Waals surface area (Å²) in [7, 11) is -0.827. The van der Waals surface area contributed by atoms with E-state index >= 15 is 0 Å². The van der Waals surface area contributed by atoms with Crippen molar-refractivity contribution < 1.29 is 9.00 Å². The zero-order chi connectivity index (χ0) is 14.3. The third kappa shape index (κ3) is 6.02. The lowest BCUT2D eigenvalue weighted by Gasteiger charge is -2.08. The molecule has 0 aliphatic rings. The maximum absolute atomic E-state index is 11.9. The number of amides is 1. The molecule has 106 valence electrons. The van der Waals surface area contributed by atoms with E-state index in [1.54, 1.807) is 12.3 Å². The van der Waals surface area contributed by atoms with Crippen LogP contribution >= 0.6 is 11.6 Å². The van der Waals surface area contributed by atoms with Crippen LogP contribution in [0.15, 0.2) is 12.1 Å². The van der Waals surface area contributed by atoms with Gasteiger partial charge in [-0.2, -0.15) is 0 Å². The highest BCUT2D eigenvalue weighted by Crippen LogP contribution is 2.14. The highest BCUT2D eigenvalue weighted by atomic mass is 35.5. The number of carbonyl (C=O) groups is 1. The van der Waals surface area contributed by atoms with Crippen LogP contribution in [0.1, 0.15) is 23.7 Å². The lowest BCUT2D eigenvalue weighted by Crippen LogP contribution is -2.25. The zero-order valence-corrected chi connectivity index (χ0v) is 12.6. The summed E-state index contributed by atoms with van der Waals surface area (Å²) in [5, 5.41) is 6.05. The molecule has 1 aromatic heterocycles. The Morgan fingerprint density at radius 3 is 2.84 bits per heavy atom. The number of halogens is 1. The first-order valence-electron chi connectivity index (χ1n) is 6.02. The summed E-state index contributed by atoms with van der Waals surface area (Å²) in [5.41, 5.74) is 0.466. The van der Waals surface area contributed by atoms with Crippen molar-refractivity contribution in [2.24, 2.45) is 0 Å². The van der Waals surface area contributed by atoms with E-state index in [0.29, 0.717) is 36.6 Å². The van der Waals surface area contributed by atoms with Gasteiger partial charge in [0.15, 0.2) is 0 Å². The predicted molar refractivity (Wildman–Crippen MR) is 79.3 cm³/mol.